The van der Waals surface area contributed by atoms with Crippen molar-refractivity contribution in [2.75, 3.05) is 6.61 Å². The van der Waals surface area contributed by atoms with Crippen molar-refractivity contribution in [3.8, 4) is 0 Å². The van der Waals surface area contributed by atoms with Gasteiger partial charge in [-0.2, -0.15) is 0 Å². The first-order valence-electron chi connectivity index (χ1n) is 3.03. The quantitative estimate of drug-likeness (QED) is 0.693. The van der Waals surface area contributed by atoms with Gasteiger partial charge in [0.05, 0.1) is 6.61 Å². The average Bonchev–Trinajstić information content (AvgIpc) is 2.05. The summed E-state index contributed by atoms with van der Waals surface area (Å²) >= 11 is 0. The van der Waals surface area contributed by atoms with E-state index in [1.165, 1.54) is 0 Å². The van der Waals surface area contributed by atoms with Gasteiger partial charge in [-0.05, 0) is 6.42 Å². The Morgan fingerprint density at radius 3 is 2.36 bits per heavy atom. The normalized spacial score (nSPS) is 10.5. The van der Waals surface area contributed by atoms with Crippen LogP contribution in [0.1, 0.15) is 14.8 Å². The van der Waals surface area contributed by atoms with Crippen LogP contribution in [0.2, 0.25) is 0 Å². The van der Waals surface area contributed by atoms with E-state index >= 15 is 0 Å². The Bertz CT molecular complexity index is 87.1. The van der Waals surface area contributed by atoms with Gasteiger partial charge in [0, 0.05) is 32.7 Å². The molecule has 0 aromatic heterocycles. The molecule has 0 fully saturated rings. The van der Waals surface area contributed by atoms with Crippen LogP contribution in [0.4, 0.5) is 13.2 Å². The third-order valence-electron chi connectivity index (χ3n) is 0.626. The minimum Gasteiger partial charge on any atom is -0.451 e. The van der Waals surface area contributed by atoms with E-state index in [2.05, 4.69) is 4.74 Å². The molecule has 0 aliphatic heterocycles. The smallest absolute Gasteiger partial charge is 0.258 e. The monoisotopic (exact) mass is 250 g/mol. The van der Waals surface area contributed by atoms with Crippen LogP contribution >= 0.6 is 0 Å². The summed E-state index contributed by atoms with van der Waals surface area (Å²) in [6.07, 6.45) is -3.25. The number of hydrogen-bond donors (Lipinski definition) is 0. The van der Waals surface area contributed by atoms with Crippen molar-refractivity contribution >= 4 is 0 Å². The Hall–Kier alpha value is 0.814. The van der Waals surface area contributed by atoms with Crippen molar-refractivity contribution < 1.29 is 57.5 Å². The molecule has 11 heavy (non-hydrogen) atoms. The fraction of sp³-hybridized carbons (Fsp3) is 0.800. The number of ether oxygens (including phenoxy) is 1. The second-order valence-corrected chi connectivity index (χ2v) is 1.52. The van der Waals surface area contributed by atoms with Crippen molar-refractivity contribution in [1.82, 2.24) is 0 Å². The summed E-state index contributed by atoms with van der Waals surface area (Å²) in [5.74, 6) is 0. The summed E-state index contributed by atoms with van der Waals surface area (Å²) in [6.45, 7) is 0.768. The van der Waals surface area contributed by atoms with E-state index < -0.39 is 12.8 Å². The number of rotatable bonds is 4. The van der Waals surface area contributed by atoms with Crippen LogP contribution in [-0.4, -0.2) is 18.2 Å². The summed E-state index contributed by atoms with van der Waals surface area (Å²) < 4.78 is 43.0. The third kappa shape index (κ3) is 10.8. The first-order chi connectivity index (χ1) is 5.12. The molecule has 0 aliphatic carbocycles. The summed E-state index contributed by atoms with van der Waals surface area (Å²) in [6, 6.07) is 0. The predicted octanol–water partition coefficient (Wildman–Crippen LogP) is 1.31. The zero-order chi connectivity index (χ0) is 9.33. The van der Waals surface area contributed by atoms with Crippen LogP contribution in [0.25, 0.3) is 0 Å². The van der Waals surface area contributed by atoms with Gasteiger partial charge in [-0.3, -0.25) is 0 Å². The van der Waals surface area contributed by atoms with Crippen LogP contribution in [0.3, 0.4) is 0 Å². The molecular weight excluding hydrogens is 238 g/mol. The van der Waals surface area contributed by atoms with Crippen LogP contribution in [0.5, 0.6) is 0 Å². The standard InChI is InChI=1S/C5H8F3O.H2O.Y/c1-2-3-9-5(7,8)4-6;;/h4H,2-3H2,1H3;1H2;/q-1;;/i/hT. The number of halogens is 3. The van der Waals surface area contributed by atoms with E-state index in [9.17, 15) is 13.2 Å². The topological polar surface area (TPSA) is 40.7 Å². The van der Waals surface area contributed by atoms with Gasteiger partial charge in [0.25, 0.3) is 6.11 Å². The minimum atomic E-state index is -3.70. The molecule has 0 spiro atoms. The third-order valence-corrected chi connectivity index (χ3v) is 0.626. The van der Waals surface area contributed by atoms with Gasteiger partial charge in [-0.1, -0.05) is 13.6 Å². The van der Waals surface area contributed by atoms with Crippen molar-refractivity contribution in [2.45, 2.75) is 19.5 Å². The second kappa shape index (κ2) is 8.91. The summed E-state index contributed by atoms with van der Waals surface area (Å²) in [7, 11) is 0. The summed E-state index contributed by atoms with van der Waals surface area (Å²) in [5, 5.41) is 0. The number of alkyl halides is 2. The van der Waals surface area contributed by atoms with Gasteiger partial charge in [0.1, 0.15) is 0 Å². The molecule has 0 heterocycles. The zero-order valence-electron chi connectivity index (χ0n) is 7.06. The fourth-order valence-electron chi connectivity index (χ4n) is 0.270. The molecule has 6 heteroatoms. The molecule has 2 nitrogen and oxygen atoms in total. The van der Waals surface area contributed by atoms with Gasteiger partial charge < -0.3 is 14.6 Å². The molecule has 0 amide bonds. The molecule has 0 saturated heterocycles. The molecule has 0 unspecified atom stereocenters. The molecule has 0 aromatic rings. The Morgan fingerprint density at radius 2 is 2.09 bits per heavy atom. The largest absolute Gasteiger partial charge is 0.451 e. The van der Waals surface area contributed by atoms with Gasteiger partial charge in [-0.15, -0.1) is 0 Å². The fourth-order valence-corrected chi connectivity index (χ4v) is 0.270. The Morgan fingerprint density at radius 1 is 1.64 bits per heavy atom. The SMILES string of the molecule is CCCOC(F)(F)[CH-]F.[3H]O.[Y]. The second-order valence-electron chi connectivity index (χ2n) is 1.52. The van der Waals surface area contributed by atoms with Crippen molar-refractivity contribution in [3.05, 3.63) is 6.67 Å². The maximum absolute atomic E-state index is 11.7. The van der Waals surface area contributed by atoms with E-state index in [-0.39, 0.29) is 39.3 Å². The van der Waals surface area contributed by atoms with Crippen molar-refractivity contribution in [3.63, 3.8) is 0 Å². The van der Waals surface area contributed by atoms with Crippen LogP contribution in [0.15, 0.2) is 0 Å². The Kier molecular flexibility index (Phi) is 11.6. The van der Waals surface area contributed by atoms with Crippen molar-refractivity contribution in [2.24, 2.45) is 0 Å². The maximum atomic E-state index is 11.7. The average molecular weight is 250 g/mol. The molecule has 0 saturated carbocycles. The molecule has 0 rings (SSSR count). The van der Waals surface area contributed by atoms with Gasteiger partial charge >= 0.3 is 0 Å². The summed E-state index contributed by atoms with van der Waals surface area (Å²) in [5.41, 5.74) is 6.25. The molecule has 67 valence electrons. The first kappa shape index (κ1) is 14.3. The summed E-state index contributed by atoms with van der Waals surface area (Å²) in [4.78, 5) is 0. The number of hydrogen-bond acceptors (Lipinski definition) is 1. The molecule has 0 aliphatic rings. The zero-order valence-corrected chi connectivity index (χ0v) is 8.90. The van der Waals surface area contributed by atoms with Crippen LogP contribution in [0, 0.1) is 6.67 Å². The predicted molar refractivity (Wildman–Crippen MR) is 30.2 cm³/mol. The first-order valence-corrected chi connectivity index (χ1v) is 2.58. The molecule has 1 radical (unpaired) electrons. The Labute approximate surface area is 90.2 Å². The van der Waals surface area contributed by atoms with E-state index in [0.717, 1.165) is 0 Å². The van der Waals surface area contributed by atoms with Gasteiger partial charge in [0.2, 0.25) is 1.43 Å². The van der Waals surface area contributed by atoms with E-state index in [1.807, 2.05) is 0 Å². The molecule has 2 N–H and O–H groups in total. The Balaban J connectivity index is -0.000000249. The van der Waals surface area contributed by atoms with Gasteiger partial charge in [0.15, 0.2) is 0 Å². The van der Waals surface area contributed by atoms with Crippen molar-refractivity contribution in [1.29, 1.82) is 0 Å². The molecule has 0 bridgehead atoms. The van der Waals surface area contributed by atoms with Crippen LogP contribution < -0.4 is 0 Å². The maximum Gasteiger partial charge on any atom is 0.258 e. The van der Waals surface area contributed by atoms with Gasteiger partial charge in [-0.25, -0.2) is 8.78 Å². The van der Waals surface area contributed by atoms with Crippen LogP contribution in [-0.2, 0) is 37.4 Å². The minimum absolute atomic E-state index is 0. The molecule has 0 aromatic carbocycles. The van der Waals surface area contributed by atoms with E-state index in [1.54, 1.807) is 6.92 Å². The molecular formula is C5H10F3O2Y-. The van der Waals surface area contributed by atoms with E-state index in [4.69, 9.17) is 6.91 Å². The van der Waals surface area contributed by atoms with E-state index in [0.29, 0.717) is 6.42 Å². The molecule has 0 atom stereocenters.